The molecule has 1 saturated carbocycles. The molecule has 17 heavy (non-hydrogen) atoms. The molecule has 0 radical (unpaired) electrons. The lowest BCUT2D eigenvalue weighted by atomic mass is 10.0. The van der Waals surface area contributed by atoms with Crippen molar-refractivity contribution in [3.05, 3.63) is 29.8 Å². The summed E-state index contributed by atoms with van der Waals surface area (Å²) in [6, 6.07) is 7.30. The van der Waals surface area contributed by atoms with Gasteiger partial charge in [0, 0.05) is 13.5 Å². The fraction of sp³-hybridized carbons (Fsp3) is 0.500. The lowest BCUT2D eigenvalue weighted by Gasteiger charge is -2.21. The van der Waals surface area contributed by atoms with Crippen LogP contribution in [-0.4, -0.2) is 32.4 Å². The molecule has 1 aliphatic carbocycles. The van der Waals surface area contributed by atoms with Gasteiger partial charge in [0.05, 0.1) is 17.5 Å². The number of sulfonamides is 1. The Bertz CT molecular complexity index is 520. The lowest BCUT2D eigenvalue weighted by Crippen LogP contribution is -2.26. The number of hydrogen-bond acceptors (Lipinski definition) is 3. The van der Waals surface area contributed by atoms with Gasteiger partial charge in [0.15, 0.2) is 0 Å². The van der Waals surface area contributed by atoms with Crippen molar-refractivity contribution in [1.29, 1.82) is 0 Å². The minimum Gasteiger partial charge on any atom is -0.390 e. The molecule has 0 aromatic heterocycles. The van der Waals surface area contributed by atoms with Crippen LogP contribution in [0.3, 0.4) is 0 Å². The van der Waals surface area contributed by atoms with Crippen molar-refractivity contribution < 1.29 is 13.5 Å². The number of aliphatic hydroxyl groups is 1. The Labute approximate surface area is 102 Å². The summed E-state index contributed by atoms with van der Waals surface area (Å²) in [4.78, 5) is 0. The van der Waals surface area contributed by atoms with E-state index < -0.39 is 15.6 Å². The van der Waals surface area contributed by atoms with Crippen molar-refractivity contribution in [2.45, 2.75) is 24.9 Å². The van der Waals surface area contributed by atoms with Crippen LogP contribution in [0.2, 0.25) is 0 Å². The molecule has 0 spiro atoms. The largest absolute Gasteiger partial charge is 0.390 e. The van der Waals surface area contributed by atoms with Crippen molar-refractivity contribution in [1.82, 2.24) is 0 Å². The maximum Gasteiger partial charge on any atom is 0.232 e. The van der Waals surface area contributed by atoms with Gasteiger partial charge < -0.3 is 5.11 Å². The molecule has 2 rings (SSSR count). The molecule has 1 aliphatic rings. The first kappa shape index (κ1) is 12.4. The predicted molar refractivity (Wildman–Crippen MR) is 67.6 cm³/mol. The van der Waals surface area contributed by atoms with Crippen LogP contribution >= 0.6 is 0 Å². The van der Waals surface area contributed by atoms with Gasteiger partial charge in [-0.15, -0.1) is 0 Å². The van der Waals surface area contributed by atoms with Crippen molar-refractivity contribution in [2.24, 2.45) is 0 Å². The molecule has 0 bridgehead atoms. The molecule has 5 heteroatoms. The smallest absolute Gasteiger partial charge is 0.232 e. The van der Waals surface area contributed by atoms with Crippen LogP contribution < -0.4 is 4.31 Å². The fourth-order valence-electron chi connectivity index (χ4n) is 1.82. The van der Waals surface area contributed by atoms with Crippen LogP contribution in [0.5, 0.6) is 0 Å². The van der Waals surface area contributed by atoms with Crippen molar-refractivity contribution >= 4 is 15.7 Å². The van der Waals surface area contributed by atoms with Gasteiger partial charge in [-0.25, -0.2) is 8.42 Å². The first-order valence-electron chi connectivity index (χ1n) is 5.56. The summed E-state index contributed by atoms with van der Waals surface area (Å²) in [6.45, 7) is 0. The highest BCUT2D eigenvalue weighted by Crippen LogP contribution is 2.40. The summed E-state index contributed by atoms with van der Waals surface area (Å²) in [7, 11) is -1.73. The van der Waals surface area contributed by atoms with Gasteiger partial charge in [0.25, 0.3) is 0 Å². The molecular weight excluding hydrogens is 238 g/mol. The zero-order valence-electron chi connectivity index (χ0n) is 10.0. The van der Waals surface area contributed by atoms with E-state index in [-0.39, 0.29) is 0 Å². The van der Waals surface area contributed by atoms with E-state index in [2.05, 4.69) is 0 Å². The van der Waals surface area contributed by atoms with E-state index in [4.69, 9.17) is 0 Å². The highest BCUT2D eigenvalue weighted by Gasteiger charge is 2.40. The van der Waals surface area contributed by atoms with Crippen LogP contribution in [0.4, 0.5) is 5.69 Å². The number of benzene rings is 1. The SMILES string of the molecule is CN(c1ccccc1CC1(O)CC1)S(C)(=O)=O. The summed E-state index contributed by atoms with van der Waals surface area (Å²) in [6.07, 6.45) is 3.28. The van der Waals surface area contributed by atoms with Crippen LogP contribution in [0.15, 0.2) is 24.3 Å². The first-order valence-corrected chi connectivity index (χ1v) is 7.41. The molecule has 1 N–H and O–H groups in total. The first-order chi connectivity index (χ1) is 7.82. The molecule has 0 saturated heterocycles. The predicted octanol–water partition coefficient (Wildman–Crippen LogP) is 1.15. The molecule has 94 valence electrons. The Kier molecular flexibility index (Phi) is 2.91. The molecule has 1 fully saturated rings. The quantitative estimate of drug-likeness (QED) is 0.878. The van der Waals surface area contributed by atoms with E-state index in [0.717, 1.165) is 18.4 Å². The molecule has 4 nitrogen and oxygen atoms in total. The lowest BCUT2D eigenvalue weighted by molar-refractivity contribution is 0.151. The van der Waals surface area contributed by atoms with E-state index in [1.54, 1.807) is 12.1 Å². The van der Waals surface area contributed by atoms with Crippen molar-refractivity contribution in [2.75, 3.05) is 17.6 Å². The number of hydrogen-bond donors (Lipinski definition) is 1. The van der Waals surface area contributed by atoms with Gasteiger partial charge >= 0.3 is 0 Å². The van der Waals surface area contributed by atoms with Gasteiger partial charge in [-0.05, 0) is 24.5 Å². The third-order valence-corrected chi connectivity index (χ3v) is 4.37. The second-order valence-electron chi connectivity index (χ2n) is 4.76. The summed E-state index contributed by atoms with van der Waals surface area (Å²) in [5.74, 6) is 0. The van der Waals surface area contributed by atoms with Gasteiger partial charge in [-0.2, -0.15) is 0 Å². The van der Waals surface area contributed by atoms with Crippen LogP contribution in [0, 0.1) is 0 Å². The molecule has 0 unspecified atom stereocenters. The van der Waals surface area contributed by atoms with E-state index in [1.807, 2.05) is 12.1 Å². The molecule has 1 aromatic rings. The second kappa shape index (κ2) is 3.99. The maximum atomic E-state index is 11.5. The number of para-hydroxylation sites is 1. The topological polar surface area (TPSA) is 57.6 Å². The monoisotopic (exact) mass is 255 g/mol. The summed E-state index contributed by atoms with van der Waals surface area (Å²) < 4.78 is 24.3. The van der Waals surface area contributed by atoms with Crippen LogP contribution in [0.25, 0.3) is 0 Å². The zero-order valence-corrected chi connectivity index (χ0v) is 10.9. The zero-order chi connectivity index (χ0) is 12.7. The number of rotatable bonds is 4. The highest BCUT2D eigenvalue weighted by molar-refractivity contribution is 7.92. The normalized spacial score (nSPS) is 17.8. The average molecular weight is 255 g/mol. The number of nitrogens with zero attached hydrogens (tertiary/aromatic N) is 1. The Hall–Kier alpha value is -1.07. The minimum absolute atomic E-state index is 0.517. The second-order valence-corrected chi connectivity index (χ2v) is 6.77. The van der Waals surface area contributed by atoms with E-state index in [0.29, 0.717) is 12.1 Å². The Morgan fingerprint density at radius 1 is 1.35 bits per heavy atom. The maximum absolute atomic E-state index is 11.5. The molecule has 0 heterocycles. The van der Waals surface area contributed by atoms with Crippen LogP contribution in [-0.2, 0) is 16.4 Å². The summed E-state index contributed by atoms with van der Waals surface area (Å²) >= 11 is 0. The molecule has 0 amide bonds. The molecule has 1 aromatic carbocycles. The van der Waals surface area contributed by atoms with Gasteiger partial charge in [0.2, 0.25) is 10.0 Å². The molecule has 0 atom stereocenters. The van der Waals surface area contributed by atoms with Crippen molar-refractivity contribution in [3.63, 3.8) is 0 Å². The Morgan fingerprint density at radius 3 is 2.47 bits per heavy atom. The summed E-state index contributed by atoms with van der Waals surface area (Å²) in [5, 5.41) is 9.92. The van der Waals surface area contributed by atoms with Gasteiger partial charge in [0.1, 0.15) is 0 Å². The van der Waals surface area contributed by atoms with Crippen LogP contribution in [0.1, 0.15) is 18.4 Å². The van der Waals surface area contributed by atoms with Crippen molar-refractivity contribution in [3.8, 4) is 0 Å². The highest BCUT2D eigenvalue weighted by atomic mass is 32.2. The average Bonchev–Trinajstić information content (AvgIpc) is 2.94. The number of anilines is 1. The summed E-state index contributed by atoms with van der Waals surface area (Å²) in [5.41, 5.74) is 0.907. The van der Waals surface area contributed by atoms with E-state index in [9.17, 15) is 13.5 Å². The van der Waals surface area contributed by atoms with Gasteiger partial charge in [-0.1, -0.05) is 18.2 Å². The molecular formula is C12H17NO3S. The third-order valence-electron chi connectivity index (χ3n) is 3.18. The van der Waals surface area contributed by atoms with E-state index >= 15 is 0 Å². The fourth-order valence-corrected chi connectivity index (χ4v) is 2.36. The van der Waals surface area contributed by atoms with E-state index in [1.165, 1.54) is 17.6 Å². The molecule has 0 aliphatic heterocycles. The minimum atomic E-state index is -3.26. The standard InChI is InChI=1S/C12H17NO3S/c1-13(17(2,15)16)11-6-4-3-5-10(11)9-12(14)7-8-12/h3-6,14H,7-9H2,1-2H3. The Balaban J connectivity index is 2.33. The van der Waals surface area contributed by atoms with Gasteiger partial charge in [-0.3, -0.25) is 4.31 Å². The Morgan fingerprint density at radius 2 is 1.94 bits per heavy atom. The third kappa shape index (κ3) is 2.79.